The third-order valence-corrected chi connectivity index (χ3v) is 6.13. The van der Waals surface area contributed by atoms with Crippen LogP contribution in [0, 0.1) is 0 Å². The van der Waals surface area contributed by atoms with Crippen molar-refractivity contribution in [2.75, 3.05) is 6.54 Å². The number of rotatable bonds is 4. The topological polar surface area (TPSA) is 49.7 Å². The molecule has 0 radical (unpaired) electrons. The number of carbonyl (C=O) groups excluding carboxylic acids is 2. The molecule has 8 heteroatoms. The van der Waals surface area contributed by atoms with Gasteiger partial charge in [-0.2, -0.15) is 13.2 Å². The molecule has 0 atom stereocenters. The highest BCUT2D eigenvalue weighted by atomic mass is 35.5. The van der Waals surface area contributed by atoms with Crippen molar-refractivity contribution in [2.24, 2.45) is 4.99 Å². The summed E-state index contributed by atoms with van der Waals surface area (Å²) in [7, 11) is 0. The molecule has 1 aliphatic carbocycles. The van der Waals surface area contributed by atoms with E-state index < -0.39 is 41.2 Å². The van der Waals surface area contributed by atoms with Crippen LogP contribution in [0.5, 0.6) is 0 Å². The van der Waals surface area contributed by atoms with Crippen LogP contribution in [0.2, 0.25) is 5.02 Å². The maximum Gasteiger partial charge on any atom is 0.417 e. The van der Waals surface area contributed by atoms with Gasteiger partial charge in [0.1, 0.15) is 11.4 Å². The Morgan fingerprint density at radius 2 is 1.68 bits per heavy atom. The van der Waals surface area contributed by atoms with Crippen molar-refractivity contribution in [3.8, 4) is 0 Å². The molecule has 1 aliphatic heterocycles. The molecule has 0 bridgehead atoms. The summed E-state index contributed by atoms with van der Waals surface area (Å²) in [4.78, 5) is 32.4. The quantitative estimate of drug-likeness (QED) is 0.577. The summed E-state index contributed by atoms with van der Waals surface area (Å²) in [6, 6.07) is 11.3. The first kappa shape index (κ1) is 21.6. The molecule has 162 valence electrons. The Balaban J connectivity index is 1.68. The lowest BCUT2D eigenvalue weighted by Gasteiger charge is -2.39. The second-order valence-corrected chi connectivity index (χ2v) is 8.30. The first-order valence-corrected chi connectivity index (χ1v) is 10.5. The molecule has 1 amide bonds. The summed E-state index contributed by atoms with van der Waals surface area (Å²) in [5, 5.41) is 0.512. The van der Waals surface area contributed by atoms with Crippen LogP contribution in [-0.4, -0.2) is 34.5 Å². The van der Waals surface area contributed by atoms with E-state index in [1.807, 2.05) is 0 Å². The van der Waals surface area contributed by atoms with Crippen molar-refractivity contribution in [1.82, 2.24) is 4.90 Å². The van der Waals surface area contributed by atoms with Crippen molar-refractivity contribution in [1.29, 1.82) is 0 Å². The fourth-order valence-corrected chi connectivity index (χ4v) is 4.48. The Kier molecular flexibility index (Phi) is 5.64. The number of ketones is 1. The lowest BCUT2D eigenvalue weighted by Crippen LogP contribution is -2.50. The third-order valence-electron chi connectivity index (χ3n) is 5.88. The zero-order chi connectivity index (χ0) is 22.2. The minimum Gasteiger partial charge on any atom is -0.305 e. The van der Waals surface area contributed by atoms with Gasteiger partial charge in [0.2, 0.25) is 0 Å². The number of benzene rings is 2. The smallest absolute Gasteiger partial charge is 0.305 e. The van der Waals surface area contributed by atoms with Crippen LogP contribution in [0.4, 0.5) is 13.2 Å². The standard InChI is InChI=1S/C23H20ClF3N2O2/c24-16-10-8-15(9-11-16)20-21(31)29(22(28-20)12-4-1-5-13-22)14-19(30)17-6-2-3-7-18(17)23(25,26)27/h2-3,6-11H,1,4-5,12-14H2. The highest BCUT2D eigenvalue weighted by Gasteiger charge is 2.48. The molecule has 1 spiro atoms. The van der Waals surface area contributed by atoms with Crippen LogP contribution in [-0.2, 0) is 11.0 Å². The predicted octanol–water partition coefficient (Wildman–Crippen LogP) is 5.53. The third kappa shape index (κ3) is 4.11. The van der Waals surface area contributed by atoms with Crippen molar-refractivity contribution >= 4 is 29.0 Å². The summed E-state index contributed by atoms with van der Waals surface area (Å²) in [6.07, 6.45) is -0.869. The molecular weight excluding hydrogens is 429 g/mol. The van der Waals surface area contributed by atoms with Gasteiger partial charge in [-0.05, 0) is 43.9 Å². The minimum absolute atomic E-state index is 0.218. The van der Waals surface area contributed by atoms with Crippen LogP contribution in [0.25, 0.3) is 0 Å². The van der Waals surface area contributed by atoms with E-state index in [0.29, 0.717) is 23.4 Å². The molecule has 1 saturated carbocycles. The van der Waals surface area contributed by atoms with E-state index >= 15 is 0 Å². The Labute approximate surface area is 182 Å². The number of carbonyl (C=O) groups is 2. The fraction of sp³-hybridized carbons (Fsp3) is 0.348. The number of nitrogens with zero attached hydrogens (tertiary/aromatic N) is 2. The van der Waals surface area contributed by atoms with Crippen LogP contribution in [0.3, 0.4) is 0 Å². The average molecular weight is 449 g/mol. The van der Waals surface area contributed by atoms with E-state index in [4.69, 9.17) is 16.6 Å². The summed E-state index contributed by atoms with van der Waals surface area (Å²) in [5.74, 6) is -1.19. The van der Waals surface area contributed by atoms with Gasteiger partial charge in [0, 0.05) is 16.1 Å². The maximum absolute atomic E-state index is 13.4. The molecule has 2 aromatic carbocycles. The molecule has 0 unspecified atom stereocenters. The number of hydrogen-bond donors (Lipinski definition) is 0. The first-order chi connectivity index (χ1) is 14.7. The maximum atomic E-state index is 13.4. The number of aliphatic imine (C=N–C) groups is 1. The Morgan fingerprint density at radius 1 is 1.03 bits per heavy atom. The number of hydrogen-bond acceptors (Lipinski definition) is 3. The average Bonchev–Trinajstić information content (AvgIpc) is 3.00. The van der Waals surface area contributed by atoms with Gasteiger partial charge in [-0.15, -0.1) is 0 Å². The molecule has 4 nitrogen and oxygen atoms in total. The van der Waals surface area contributed by atoms with Gasteiger partial charge in [-0.1, -0.05) is 48.4 Å². The number of halogens is 4. The fourth-order valence-electron chi connectivity index (χ4n) is 4.35. The minimum atomic E-state index is -4.66. The van der Waals surface area contributed by atoms with Crippen LogP contribution in [0.1, 0.15) is 53.6 Å². The first-order valence-electron chi connectivity index (χ1n) is 10.1. The van der Waals surface area contributed by atoms with E-state index in [1.165, 1.54) is 17.0 Å². The normalized spacial score (nSPS) is 18.4. The van der Waals surface area contributed by atoms with Crippen LogP contribution in [0.15, 0.2) is 53.5 Å². The van der Waals surface area contributed by atoms with Gasteiger partial charge in [0.15, 0.2) is 5.78 Å². The lowest BCUT2D eigenvalue weighted by atomic mass is 9.88. The lowest BCUT2D eigenvalue weighted by molar-refractivity contribution is -0.137. The highest BCUT2D eigenvalue weighted by molar-refractivity contribution is 6.47. The summed E-state index contributed by atoms with van der Waals surface area (Å²) >= 11 is 5.94. The number of alkyl halides is 3. The molecule has 4 rings (SSSR count). The van der Waals surface area contributed by atoms with Gasteiger partial charge in [0.05, 0.1) is 12.1 Å². The van der Waals surface area contributed by atoms with E-state index in [0.717, 1.165) is 31.4 Å². The molecular formula is C23H20ClF3N2O2. The van der Waals surface area contributed by atoms with Crippen molar-refractivity contribution in [2.45, 2.75) is 43.9 Å². The summed E-state index contributed by atoms with van der Waals surface area (Å²) in [5.41, 5.74) is -1.54. The van der Waals surface area contributed by atoms with Crippen molar-refractivity contribution in [3.05, 3.63) is 70.2 Å². The zero-order valence-corrected chi connectivity index (χ0v) is 17.3. The van der Waals surface area contributed by atoms with Crippen molar-refractivity contribution < 1.29 is 22.8 Å². The predicted molar refractivity (Wildman–Crippen MR) is 111 cm³/mol. The highest BCUT2D eigenvalue weighted by Crippen LogP contribution is 2.40. The van der Waals surface area contributed by atoms with Crippen LogP contribution >= 0.6 is 11.6 Å². The SMILES string of the molecule is O=C(CN1C(=O)C(c2ccc(Cl)cc2)=NC12CCCCC2)c1ccccc1C(F)(F)F. The van der Waals surface area contributed by atoms with Gasteiger partial charge < -0.3 is 4.90 Å². The second kappa shape index (κ2) is 8.11. The van der Waals surface area contributed by atoms with Gasteiger partial charge in [-0.25, -0.2) is 0 Å². The van der Waals surface area contributed by atoms with E-state index in [2.05, 4.69) is 0 Å². The Morgan fingerprint density at radius 3 is 2.32 bits per heavy atom. The Hall–Kier alpha value is -2.67. The number of amides is 1. The van der Waals surface area contributed by atoms with Crippen LogP contribution < -0.4 is 0 Å². The largest absolute Gasteiger partial charge is 0.417 e. The monoisotopic (exact) mass is 448 g/mol. The van der Waals surface area contributed by atoms with E-state index in [-0.39, 0.29) is 5.71 Å². The Bertz CT molecular complexity index is 1040. The summed E-state index contributed by atoms with van der Waals surface area (Å²) in [6.45, 7) is -0.452. The van der Waals surface area contributed by atoms with Gasteiger partial charge in [-0.3, -0.25) is 14.6 Å². The molecule has 31 heavy (non-hydrogen) atoms. The zero-order valence-electron chi connectivity index (χ0n) is 16.6. The summed E-state index contributed by atoms with van der Waals surface area (Å²) < 4.78 is 40.2. The molecule has 2 aromatic rings. The number of Topliss-reactive ketones (excluding diaryl/α,β-unsaturated/α-hetero) is 1. The molecule has 0 saturated heterocycles. The van der Waals surface area contributed by atoms with Gasteiger partial charge in [0.25, 0.3) is 5.91 Å². The molecule has 1 fully saturated rings. The molecule has 0 aromatic heterocycles. The van der Waals surface area contributed by atoms with E-state index in [9.17, 15) is 22.8 Å². The molecule has 0 N–H and O–H groups in total. The molecule has 1 heterocycles. The van der Waals surface area contributed by atoms with Crippen molar-refractivity contribution in [3.63, 3.8) is 0 Å². The van der Waals surface area contributed by atoms with Gasteiger partial charge >= 0.3 is 6.18 Å². The van der Waals surface area contributed by atoms with E-state index in [1.54, 1.807) is 24.3 Å². The molecule has 2 aliphatic rings. The second-order valence-electron chi connectivity index (χ2n) is 7.87.